The summed E-state index contributed by atoms with van der Waals surface area (Å²) in [6.45, 7) is 3.44. The molecule has 0 saturated carbocycles. The van der Waals surface area contributed by atoms with Gasteiger partial charge in [0.2, 0.25) is 0 Å². The first-order valence-corrected chi connectivity index (χ1v) is 5.06. The summed E-state index contributed by atoms with van der Waals surface area (Å²) in [6.07, 6.45) is -4.95. The average Bonchev–Trinajstić information content (AvgIpc) is 2.27. The van der Waals surface area contributed by atoms with Crippen LogP contribution in [0.25, 0.3) is 0 Å². The number of aromatic carboxylic acids is 1. The van der Waals surface area contributed by atoms with Gasteiger partial charge in [-0.2, -0.15) is 13.2 Å². The molecule has 1 aromatic heterocycles. The molecule has 0 amide bonds. The molecule has 0 aromatic carbocycles. The molecule has 0 aliphatic rings. The highest BCUT2D eigenvalue weighted by atomic mass is 19.4. The molecule has 1 unspecified atom stereocenters. The van der Waals surface area contributed by atoms with E-state index in [9.17, 15) is 18.0 Å². The number of nitrogens with zero attached hydrogens (tertiary/aromatic N) is 2. The fourth-order valence-electron chi connectivity index (χ4n) is 1.29. The maximum absolute atomic E-state index is 12.6. The van der Waals surface area contributed by atoms with Crippen molar-refractivity contribution in [3.8, 4) is 0 Å². The van der Waals surface area contributed by atoms with E-state index >= 15 is 0 Å². The van der Waals surface area contributed by atoms with Crippen LogP contribution >= 0.6 is 0 Å². The number of hydrogen-bond donors (Lipinski definition) is 1. The lowest BCUT2D eigenvalue weighted by molar-refractivity contribution is -0.142. The Labute approximate surface area is 101 Å². The van der Waals surface area contributed by atoms with Crippen LogP contribution in [-0.4, -0.2) is 27.7 Å². The highest BCUT2D eigenvalue weighted by Gasteiger charge is 2.38. The third-order valence-electron chi connectivity index (χ3n) is 2.09. The molecular weight excluding hydrogens is 253 g/mol. The van der Waals surface area contributed by atoms with Crippen molar-refractivity contribution < 1.29 is 27.8 Å². The quantitative estimate of drug-likeness (QED) is 0.903. The molecule has 1 atom stereocenters. The van der Waals surface area contributed by atoms with Gasteiger partial charge in [-0.25, -0.2) is 14.8 Å². The molecule has 8 heteroatoms. The summed E-state index contributed by atoms with van der Waals surface area (Å²) in [5.41, 5.74) is -2.44. The number of halogens is 3. The van der Waals surface area contributed by atoms with Crippen molar-refractivity contribution in [1.82, 2.24) is 9.97 Å². The van der Waals surface area contributed by atoms with Crippen molar-refractivity contribution in [2.45, 2.75) is 26.1 Å². The first-order chi connectivity index (χ1) is 8.27. The molecule has 1 heterocycles. The number of carbonyl (C=O) groups is 1. The van der Waals surface area contributed by atoms with Gasteiger partial charge in [-0.15, -0.1) is 0 Å². The van der Waals surface area contributed by atoms with Crippen molar-refractivity contribution in [2.24, 2.45) is 0 Å². The molecule has 5 nitrogen and oxygen atoms in total. The van der Waals surface area contributed by atoms with Crippen LogP contribution in [0.3, 0.4) is 0 Å². The van der Waals surface area contributed by atoms with Crippen LogP contribution in [0.5, 0.6) is 0 Å². The Bertz CT molecular complexity index is 448. The van der Waals surface area contributed by atoms with Crippen LogP contribution in [-0.2, 0) is 10.9 Å². The summed E-state index contributed by atoms with van der Waals surface area (Å²) >= 11 is 0. The predicted molar refractivity (Wildman–Crippen MR) is 54.0 cm³/mol. The predicted octanol–water partition coefficient (Wildman–Crippen LogP) is 2.29. The van der Waals surface area contributed by atoms with Gasteiger partial charge >= 0.3 is 12.1 Å². The molecule has 0 aliphatic heterocycles. The average molecular weight is 264 g/mol. The molecule has 1 aromatic rings. The Morgan fingerprint density at radius 2 is 2.17 bits per heavy atom. The second kappa shape index (κ2) is 5.30. The first kappa shape index (κ1) is 14.4. The van der Waals surface area contributed by atoms with Crippen LogP contribution in [0.1, 0.15) is 41.8 Å². The lowest BCUT2D eigenvalue weighted by Gasteiger charge is -2.14. The van der Waals surface area contributed by atoms with Gasteiger partial charge in [0, 0.05) is 12.8 Å². The maximum atomic E-state index is 12.6. The van der Waals surface area contributed by atoms with Crippen molar-refractivity contribution >= 4 is 5.97 Å². The Hall–Kier alpha value is -1.70. The third kappa shape index (κ3) is 3.16. The SMILES string of the molecule is CCOC(C)c1ncc(C(=O)O)c(C(F)(F)F)n1. The standard InChI is InChI=1S/C10H11F3N2O3/c1-3-18-5(2)8-14-4-6(9(16)17)7(15-8)10(11,12)13/h4-5H,3H2,1-2H3,(H,16,17). The lowest BCUT2D eigenvalue weighted by Crippen LogP contribution is -2.19. The first-order valence-electron chi connectivity index (χ1n) is 5.06. The van der Waals surface area contributed by atoms with Gasteiger partial charge in [-0.1, -0.05) is 0 Å². The van der Waals surface area contributed by atoms with E-state index in [2.05, 4.69) is 9.97 Å². The lowest BCUT2D eigenvalue weighted by atomic mass is 10.2. The summed E-state index contributed by atoms with van der Waals surface area (Å²) in [5, 5.41) is 8.65. The van der Waals surface area contributed by atoms with Crippen LogP contribution in [0.15, 0.2) is 6.20 Å². The van der Waals surface area contributed by atoms with Crippen LogP contribution < -0.4 is 0 Å². The van der Waals surface area contributed by atoms with E-state index in [4.69, 9.17) is 9.84 Å². The molecule has 0 saturated heterocycles. The third-order valence-corrected chi connectivity index (χ3v) is 2.09. The fraction of sp³-hybridized carbons (Fsp3) is 0.500. The molecule has 18 heavy (non-hydrogen) atoms. The normalized spacial score (nSPS) is 13.4. The van der Waals surface area contributed by atoms with Gasteiger partial charge in [0.25, 0.3) is 0 Å². The molecule has 0 radical (unpaired) electrons. The molecule has 1 rings (SSSR count). The Morgan fingerprint density at radius 3 is 2.61 bits per heavy atom. The number of carboxylic acid groups (broad SMARTS) is 1. The van der Waals surface area contributed by atoms with E-state index in [1.165, 1.54) is 6.92 Å². The van der Waals surface area contributed by atoms with E-state index in [0.29, 0.717) is 6.20 Å². The molecule has 0 aliphatic carbocycles. The number of ether oxygens (including phenoxy) is 1. The zero-order valence-corrected chi connectivity index (χ0v) is 9.65. The number of hydrogen-bond acceptors (Lipinski definition) is 4. The number of carboxylic acids is 1. The largest absolute Gasteiger partial charge is 0.478 e. The van der Waals surface area contributed by atoms with E-state index in [1.807, 2.05) is 0 Å². The summed E-state index contributed by atoms with van der Waals surface area (Å²) in [7, 11) is 0. The summed E-state index contributed by atoms with van der Waals surface area (Å²) in [5.74, 6) is -1.92. The molecule has 0 fully saturated rings. The topological polar surface area (TPSA) is 72.3 Å². The van der Waals surface area contributed by atoms with Crippen molar-refractivity contribution in [3.63, 3.8) is 0 Å². The van der Waals surface area contributed by atoms with Gasteiger partial charge in [-0.05, 0) is 13.8 Å². The highest BCUT2D eigenvalue weighted by molar-refractivity contribution is 5.88. The van der Waals surface area contributed by atoms with E-state index < -0.39 is 29.5 Å². The second-order valence-corrected chi connectivity index (χ2v) is 3.39. The highest BCUT2D eigenvalue weighted by Crippen LogP contribution is 2.31. The van der Waals surface area contributed by atoms with Gasteiger partial charge in [0.15, 0.2) is 11.5 Å². The van der Waals surface area contributed by atoms with Crippen LogP contribution in [0.2, 0.25) is 0 Å². The molecule has 0 spiro atoms. The van der Waals surface area contributed by atoms with E-state index in [0.717, 1.165) is 0 Å². The second-order valence-electron chi connectivity index (χ2n) is 3.39. The van der Waals surface area contributed by atoms with Gasteiger partial charge in [-0.3, -0.25) is 0 Å². The summed E-state index contributed by atoms with van der Waals surface area (Å²) in [4.78, 5) is 17.5. The number of aromatic nitrogens is 2. The fourth-order valence-corrected chi connectivity index (χ4v) is 1.29. The van der Waals surface area contributed by atoms with Crippen molar-refractivity contribution in [3.05, 3.63) is 23.3 Å². The number of alkyl halides is 3. The van der Waals surface area contributed by atoms with Crippen LogP contribution in [0, 0.1) is 0 Å². The van der Waals surface area contributed by atoms with Crippen LogP contribution in [0.4, 0.5) is 13.2 Å². The van der Waals surface area contributed by atoms with Crippen molar-refractivity contribution in [1.29, 1.82) is 0 Å². The monoisotopic (exact) mass is 264 g/mol. The minimum absolute atomic E-state index is 0.200. The molecule has 100 valence electrons. The zero-order chi connectivity index (χ0) is 13.9. The summed E-state index contributed by atoms with van der Waals surface area (Å²) < 4.78 is 43.0. The molecule has 1 N–H and O–H groups in total. The zero-order valence-electron chi connectivity index (χ0n) is 9.65. The van der Waals surface area contributed by atoms with Gasteiger partial charge < -0.3 is 9.84 Å². The van der Waals surface area contributed by atoms with Crippen molar-refractivity contribution in [2.75, 3.05) is 6.61 Å². The Balaban J connectivity index is 3.26. The summed E-state index contributed by atoms with van der Waals surface area (Å²) in [6, 6.07) is 0. The van der Waals surface area contributed by atoms with Gasteiger partial charge in [0.05, 0.1) is 0 Å². The minimum Gasteiger partial charge on any atom is -0.478 e. The minimum atomic E-state index is -4.85. The number of rotatable bonds is 4. The maximum Gasteiger partial charge on any atom is 0.434 e. The van der Waals surface area contributed by atoms with E-state index in [-0.39, 0.29) is 12.4 Å². The molecular formula is C10H11F3N2O3. The van der Waals surface area contributed by atoms with Gasteiger partial charge in [0.1, 0.15) is 11.7 Å². The Kier molecular flexibility index (Phi) is 4.23. The van der Waals surface area contributed by atoms with E-state index in [1.54, 1.807) is 6.92 Å². The molecule has 0 bridgehead atoms. The smallest absolute Gasteiger partial charge is 0.434 e. The Morgan fingerprint density at radius 1 is 1.56 bits per heavy atom.